The lowest BCUT2D eigenvalue weighted by Crippen LogP contribution is -2.30. The molecule has 0 spiro atoms. The molecule has 0 fully saturated rings. The van der Waals surface area contributed by atoms with Crippen molar-refractivity contribution in [3.8, 4) is 5.75 Å². The number of benzene rings is 2. The van der Waals surface area contributed by atoms with Crippen LogP contribution in [0, 0.1) is 0 Å². The summed E-state index contributed by atoms with van der Waals surface area (Å²) in [6, 6.07) is 11.7. The smallest absolute Gasteiger partial charge is 0.338 e. The zero-order valence-corrected chi connectivity index (χ0v) is 19.1. The van der Waals surface area contributed by atoms with Crippen LogP contribution in [0.1, 0.15) is 30.1 Å². The summed E-state index contributed by atoms with van der Waals surface area (Å²) in [5.74, 6) is -1.42. The molecule has 0 saturated carbocycles. The Morgan fingerprint density at radius 3 is 2.48 bits per heavy atom. The van der Waals surface area contributed by atoms with Crippen LogP contribution in [0.5, 0.6) is 5.75 Å². The monoisotopic (exact) mass is 478 g/mol. The number of carbonyl (C=O) groups excluding carboxylic acids is 3. The van der Waals surface area contributed by atoms with Crippen LogP contribution >= 0.6 is 0 Å². The third kappa shape index (κ3) is 8.11. The van der Waals surface area contributed by atoms with E-state index in [9.17, 15) is 22.8 Å². The number of esters is 2. The molecule has 0 atom stereocenters. The highest BCUT2D eigenvalue weighted by atomic mass is 32.2. The van der Waals surface area contributed by atoms with Gasteiger partial charge in [0, 0.05) is 13.0 Å². The largest absolute Gasteiger partial charge is 0.495 e. The van der Waals surface area contributed by atoms with Crippen molar-refractivity contribution < 1.29 is 37.0 Å². The van der Waals surface area contributed by atoms with Crippen LogP contribution in [0.3, 0.4) is 0 Å². The average molecular weight is 479 g/mol. The van der Waals surface area contributed by atoms with Crippen LogP contribution in [0.2, 0.25) is 0 Å². The minimum atomic E-state index is -4.01. The predicted molar refractivity (Wildman–Crippen MR) is 119 cm³/mol. The summed E-state index contributed by atoms with van der Waals surface area (Å²) in [5, 5.41) is 2.52. The van der Waals surface area contributed by atoms with E-state index in [0.29, 0.717) is 18.8 Å². The van der Waals surface area contributed by atoms with E-state index in [-0.39, 0.29) is 35.1 Å². The fourth-order valence-electron chi connectivity index (χ4n) is 2.68. The molecule has 0 unspecified atom stereocenters. The Morgan fingerprint density at radius 1 is 1.00 bits per heavy atom. The molecule has 0 aliphatic heterocycles. The summed E-state index contributed by atoms with van der Waals surface area (Å²) in [6.07, 6.45) is 0.551. The Hall–Kier alpha value is -3.60. The van der Waals surface area contributed by atoms with Gasteiger partial charge in [-0.2, -0.15) is 0 Å². The Balaban J connectivity index is 1.92. The minimum absolute atomic E-state index is 0.0342. The van der Waals surface area contributed by atoms with Gasteiger partial charge in [-0.05, 0) is 43.7 Å². The normalized spacial score (nSPS) is 10.7. The van der Waals surface area contributed by atoms with Crippen LogP contribution in [0.4, 0.5) is 5.69 Å². The fourth-order valence-corrected chi connectivity index (χ4v) is 3.80. The van der Waals surface area contributed by atoms with Crippen molar-refractivity contribution in [1.82, 2.24) is 5.32 Å². The van der Waals surface area contributed by atoms with Gasteiger partial charge in [0.25, 0.3) is 15.9 Å². The molecule has 2 N–H and O–H groups in total. The van der Waals surface area contributed by atoms with E-state index in [2.05, 4.69) is 10.0 Å². The average Bonchev–Trinajstić information content (AvgIpc) is 2.80. The topological polar surface area (TPSA) is 137 Å². The number of methoxy groups -OCH3 is 1. The Morgan fingerprint density at radius 2 is 1.76 bits per heavy atom. The van der Waals surface area contributed by atoms with Gasteiger partial charge < -0.3 is 19.5 Å². The van der Waals surface area contributed by atoms with E-state index < -0.39 is 28.5 Å². The molecular formula is C22H26N2O8S. The minimum Gasteiger partial charge on any atom is -0.495 e. The molecule has 0 saturated heterocycles. The fraction of sp³-hybridized carbons (Fsp3) is 0.318. The van der Waals surface area contributed by atoms with Gasteiger partial charge in [0.1, 0.15) is 5.75 Å². The number of hydrogen-bond donors (Lipinski definition) is 2. The highest BCUT2D eigenvalue weighted by Gasteiger charge is 2.19. The molecule has 0 aliphatic rings. The van der Waals surface area contributed by atoms with Crippen LogP contribution in [0.25, 0.3) is 0 Å². The zero-order valence-electron chi connectivity index (χ0n) is 18.3. The Kier molecular flexibility index (Phi) is 9.67. The van der Waals surface area contributed by atoms with E-state index in [1.807, 2.05) is 0 Å². The van der Waals surface area contributed by atoms with E-state index in [0.717, 1.165) is 6.07 Å². The van der Waals surface area contributed by atoms with Gasteiger partial charge in [-0.15, -0.1) is 0 Å². The number of hydrogen-bond acceptors (Lipinski definition) is 8. The maximum atomic E-state index is 12.7. The number of amides is 1. The molecule has 2 aromatic carbocycles. The third-order valence-corrected chi connectivity index (χ3v) is 5.61. The SMILES string of the molecule is CCOC(=O)CCCNC(=O)COC(=O)c1cccc(S(=O)(=O)Nc2ccccc2OC)c1. The molecule has 2 rings (SSSR count). The maximum absolute atomic E-state index is 12.7. The first kappa shape index (κ1) is 25.7. The molecule has 178 valence electrons. The first-order chi connectivity index (χ1) is 15.8. The molecule has 0 heterocycles. The molecule has 0 bridgehead atoms. The van der Waals surface area contributed by atoms with Crippen molar-refractivity contribution in [3.05, 3.63) is 54.1 Å². The first-order valence-corrected chi connectivity index (χ1v) is 11.6. The van der Waals surface area contributed by atoms with Crippen LogP contribution in [0.15, 0.2) is 53.4 Å². The number of rotatable bonds is 12. The molecular weight excluding hydrogens is 452 g/mol. The summed E-state index contributed by atoms with van der Waals surface area (Å²) in [5.41, 5.74) is 0.209. The molecule has 1 amide bonds. The van der Waals surface area contributed by atoms with E-state index in [1.165, 1.54) is 25.3 Å². The van der Waals surface area contributed by atoms with Gasteiger partial charge in [-0.1, -0.05) is 18.2 Å². The first-order valence-electron chi connectivity index (χ1n) is 10.1. The molecule has 10 nitrogen and oxygen atoms in total. The molecule has 0 aromatic heterocycles. The van der Waals surface area contributed by atoms with Crippen LogP contribution in [-0.2, 0) is 29.1 Å². The second-order valence-electron chi connectivity index (χ2n) is 6.67. The Labute approximate surface area is 192 Å². The standard InChI is InChI=1S/C22H26N2O8S/c1-3-31-21(26)12-7-13-23-20(25)15-32-22(27)16-8-6-9-17(14-16)33(28,29)24-18-10-4-5-11-19(18)30-2/h4-6,8-11,14,24H,3,7,12-13,15H2,1-2H3,(H,23,25). The summed E-state index contributed by atoms with van der Waals surface area (Å²) < 4.78 is 42.7. The van der Waals surface area contributed by atoms with Crippen molar-refractivity contribution >= 4 is 33.6 Å². The maximum Gasteiger partial charge on any atom is 0.338 e. The molecule has 0 aliphatic carbocycles. The van der Waals surface area contributed by atoms with Crippen molar-refractivity contribution in [1.29, 1.82) is 0 Å². The zero-order chi connectivity index (χ0) is 24.3. The lowest BCUT2D eigenvalue weighted by Gasteiger charge is -2.12. The van der Waals surface area contributed by atoms with Crippen molar-refractivity contribution in [3.63, 3.8) is 0 Å². The summed E-state index contributed by atoms with van der Waals surface area (Å²) in [6.45, 7) is 1.67. The number of anilines is 1. The lowest BCUT2D eigenvalue weighted by atomic mass is 10.2. The van der Waals surface area contributed by atoms with Gasteiger partial charge in [-0.3, -0.25) is 14.3 Å². The van der Waals surface area contributed by atoms with Gasteiger partial charge in [0.2, 0.25) is 0 Å². The predicted octanol–water partition coefficient (Wildman–Crippen LogP) is 2.11. The number of sulfonamides is 1. The highest BCUT2D eigenvalue weighted by molar-refractivity contribution is 7.92. The quantitative estimate of drug-likeness (QED) is 0.350. The second-order valence-corrected chi connectivity index (χ2v) is 8.35. The molecule has 0 radical (unpaired) electrons. The van der Waals surface area contributed by atoms with Gasteiger partial charge in [-0.25, -0.2) is 13.2 Å². The van der Waals surface area contributed by atoms with Crippen molar-refractivity contribution in [2.24, 2.45) is 0 Å². The number of carbonyl (C=O) groups is 3. The van der Waals surface area contributed by atoms with Crippen LogP contribution in [-0.4, -0.2) is 53.1 Å². The summed E-state index contributed by atoms with van der Waals surface area (Å²) in [7, 11) is -2.60. The van der Waals surface area contributed by atoms with E-state index >= 15 is 0 Å². The van der Waals surface area contributed by atoms with E-state index in [4.69, 9.17) is 14.2 Å². The number of ether oxygens (including phenoxy) is 3. The number of para-hydroxylation sites is 2. The highest BCUT2D eigenvalue weighted by Crippen LogP contribution is 2.26. The van der Waals surface area contributed by atoms with Gasteiger partial charge in [0.15, 0.2) is 6.61 Å². The molecule has 2 aromatic rings. The van der Waals surface area contributed by atoms with Crippen LogP contribution < -0.4 is 14.8 Å². The van der Waals surface area contributed by atoms with Crippen molar-refractivity contribution in [2.75, 3.05) is 31.6 Å². The van der Waals surface area contributed by atoms with Gasteiger partial charge in [0.05, 0.1) is 29.9 Å². The van der Waals surface area contributed by atoms with Crippen molar-refractivity contribution in [2.45, 2.75) is 24.7 Å². The lowest BCUT2D eigenvalue weighted by molar-refractivity contribution is -0.143. The second kappa shape index (κ2) is 12.4. The Bertz CT molecular complexity index is 1090. The molecule has 33 heavy (non-hydrogen) atoms. The molecule has 11 heteroatoms. The van der Waals surface area contributed by atoms with E-state index in [1.54, 1.807) is 31.2 Å². The summed E-state index contributed by atoms with van der Waals surface area (Å²) in [4.78, 5) is 35.2. The number of nitrogens with one attached hydrogen (secondary N) is 2. The third-order valence-electron chi connectivity index (χ3n) is 4.25. The summed E-state index contributed by atoms with van der Waals surface area (Å²) >= 11 is 0. The van der Waals surface area contributed by atoms with Gasteiger partial charge >= 0.3 is 11.9 Å².